The summed E-state index contributed by atoms with van der Waals surface area (Å²) in [5.41, 5.74) is 4.80. The van der Waals surface area contributed by atoms with Crippen LogP contribution in [0.5, 0.6) is 0 Å². The van der Waals surface area contributed by atoms with E-state index in [2.05, 4.69) is 12.1 Å². The van der Waals surface area contributed by atoms with Gasteiger partial charge in [0.1, 0.15) is 0 Å². The summed E-state index contributed by atoms with van der Waals surface area (Å²) in [5, 5.41) is 1.65. The Balaban J connectivity index is 2.36. The third-order valence-electron chi connectivity index (χ3n) is 2.86. The minimum atomic E-state index is 0.813. The lowest BCUT2D eigenvalue weighted by Crippen LogP contribution is -1.80. The van der Waals surface area contributed by atoms with E-state index >= 15 is 0 Å². The van der Waals surface area contributed by atoms with E-state index < -0.39 is 0 Å². The average molecular weight is 235 g/mol. The Morgan fingerprint density at radius 1 is 0.867 bits per heavy atom. The fourth-order valence-electron chi connectivity index (χ4n) is 2.18. The fourth-order valence-corrected chi connectivity index (χ4v) is 2.72. The molecule has 0 unspecified atom stereocenters. The first-order valence-corrected chi connectivity index (χ1v) is 5.58. The molecule has 0 spiro atoms. The number of hydrogen-bond acceptors (Lipinski definition) is 0. The molecule has 74 valence electrons. The Morgan fingerprint density at radius 3 is 2.47 bits per heavy atom. The van der Waals surface area contributed by atoms with Crippen molar-refractivity contribution in [1.82, 2.24) is 0 Å². The molecule has 0 nitrogen and oxygen atoms in total. The molecule has 2 aromatic carbocycles. The number of rotatable bonds is 0. The molecule has 1 aliphatic rings. The van der Waals surface area contributed by atoms with Gasteiger partial charge in [0.2, 0.25) is 0 Å². The Kier molecular flexibility index (Phi) is 2.01. The Morgan fingerprint density at radius 2 is 1.60 bits per heavy atom. The van der Waals surface area contributed by atoms with Gasteiger partial charge in [-0.25, -0.2) is 0 Å². The minimum absolute atomic E-state index is 0.813. The smallest absolute Gasteiger partial charge is 0.0487 e. The summed E-state index contributed by atoms with van der Waals surface area (Å²) < 4.78 is 0. The second-order valence-corrected chi connectivity index (χ2v) is 4.53. The minimum Gasteiger partial charge on any atom is -0.0840 e. The van der Waals surface area contributed by atoms with Crippen molar-refractivity contribution < 1.29 is 0 Å². The number of fused-ring (bicyclic) bond motifs is 3. The molecule has 2 aromatic rings. The molecule has 0 heterocycles. The van der Waals surface area contributed by atoms with Crippen molar-refractivity contribution in [2.24, 2.45) is 0 Å². The fraction of sp³-hybridized carbons (Fsp3) is 0.0769. The summed E-state index contributed by atoms with van der Waals surface area (Å²) in [4.78, 5) is 0. The van der Waals surface area contributed by atoms with Crippen molar-refractivity contribution in [1.29, 1.82) is 0 Å². The molecule has 3 rings (SSSR count). The molecule has 0 aliphatic heterocycles. The van der Waals surface area contributed by atoms with Crippen LogP contribution in [0.3, 0.4) is 0 Å². The van der Waals surface area contributed by atoms with Gasteiger partial charge < -0.3 is 0 Å². The van der Waals surface area contributed by atoms with Gasteiger partial charge in [0.05, 0.1) is 0 Å². The van der Waals surface area contributed by atoms with Gasteiger partial charge in [0, 0.05) is 22.0 Å². The average Bonchev–Trinajstić information content (AvgIpc) is 2.59. The largest absolute Gasteiger partial charge is 0.0840 e. The summed E-state index contributed by atoms with van der Waals surface area (Å²) in [6.45, 7) is 0. The van der Waals surface area contributed by atoms with E-state index in [1.807, 2.05) is 24.3 Å². The van der Waals surface area contributed by atoms with Gasteiger partial charge in [-0.3, -0.25) is 0 Å². The molecule has 0 aromatic heterocycles. The number of benzene rings is 2. The van der Waals surface area contributed by atoms with Crippen molar-refractivity contribution >= 4 is 23.2 Å². The molecule has 0 saturated carbocycles. The zero-order valence-electron chi connectivity index (χ0n) is 7.93. The SMILES string of the molecule is Clc1cccc2c1Cc1cccc(Cl)c1-2. The number of hydrogen-bond donors (Lipinski definition) is 0. The maximum Gasteiger partial charge on any atom is 0.0487 e. The molecule has 0 amide bonds. The summed E-state index contributed by atoms with van der Waals surface area (Å²) in [5.74, 6) is 0. The van der Waals surface area contributed by atoms with Crippen LogP contribution >= 0.6 is 23.2 Å². The van der Waals surface area contributed by atoms with Crippen molar-refractivity contribution in [3.8, 4) is 11.1 Å². The predicted octanol–water partition coefficient (Wildman–Crippen LogP) is 4.56. The molecule has 15 heavy (non-hydrogen) atoms. The van der Waals surface area contributed by atoms with E-state index in [9.17, 15) is 0 Å². The lowest BCUT2D eigenvalue weighted by atomic mass is 10.1. The molecule has 0 fully saturated rings. The molecule has 0 N–H and O–H groups in total. The molecule has 0 bridgehead atoms. The first kappa shape index (κ1) is 9.26. The topological polar surface area (TPSA) is 0 Å². The van der Waals surface area contributed by atoms with E-state index in [0.717, 1.165) is 22.0 Å². The van der Waals surface area contributed by atoms with Gasteiger partial charge in [0.15, 0.2) is 0 Å². The van der Waals surface area contributed by atoms with E-state index in [4.69, 9.17) is 23.2 Å². The van der Waals surface area contributed by atoms with Crippen LogP contribution in [-0.2, 0) is 6.42 Å². The van der Waals surface area contributed by atoms with Crippen LogP contribution in [0.2, 0.25) is 10.0 Å². The zero-order chi connectivity index (χ0) is 10.4. The first-order chi connectivity index (χ1) is 7.27. The van der Waals surface area contributed by atoms with E-state index in [-0.39, 0.29) is 0 Å². The standard InChI is InChI=1S/C13H8Cl2/c14-11-5-2-4-9-10(11)7-8-3-1-6-12(15)13(8)9/h1-6H,7H2. The van der Waals surface area contributed by atoms with Crippen molar-refractivity contribution in [3.63, 3.8) is 0 Å². The van der Waals surface area contributed by atoms with E-state index in [0.29, 0.717) is 0 Å². The molecule has 2 heteroatoms. The summed E-state index contributed by atoms with van der Waals surface area (Å²) in [6, 6.07) is 12.0. The Bertz CT molecular complexity index is 544. The van der Waals surface area contributed by atoms with Crippen LogP contribution in [0.1, 0.15) is 11.1 Å². The number of halogens is 2. The molecule has 1 aliphatic carbocycles. The van der Waals surface area contributed by atoms with Crippen molar-refractivity contribution in [3.05, 3.63) is 57.6 Å². The predicted molar refractivity (Wildman–Crippen MR) is 64.7 cm³/mol. The van der Waals surface area contributed by atoms with E-state index in [1.54, 1.807) is 0 Å². The van der Waals surface area contributed by atoms with Crippen LogP contribution in [0, 0.1) is 0 Å². The third kappa shape index (κ3) is 1.29. The molecule has 0 saturated heterocycles. The Hall–Kier alpha value is -0.980. The van der Waals surface area contributed by atoms with Crippen molar-refractivity contribution in [2.45, 2.75) is 6.42 Å². The maximum atomic E-state index is 6.21. The van der Waals surface area contributed by atoms with Gasteiger partial charge in [-0.1, -0.05) is 47.5 Å². The zero-order valence-corrected chi connectivity index (χ0v) is 9.44. The monoisotopic (exact) mass is 234 g/mol. The van der Waals surface area contributed by atoms with Crippen LogP contribution in [0.15, 0.2) is 36.4 Å². The normalized spacial score (nSPS) is 12.4. The molecular weight excluding hydrogens is 227 g/mol. The van der Waals surface area contributed by atoms with E-state index in [1.165, 1.54) is 16.7 Å². The highest BCUT2D eigenvalue weighted by Crippen LogP contribution is 2.43. The van der Waals surface area contributed by atoms with Crippen molar-refractivity contribution in [2.75, 3.05) is 0 Å². The van der Waals surface area contributed by atoms with Gasteiger partial charge in [0.25, 0.3) is 0 Å². The van der Waals surface area contributed by atoms with Gasteiger partial charge in [-0.2, -0.15) is 0 Å². The van der Waals surface area contributed by atoms with Crippen LogP contribution < -0.4 is 0 Å². The molecule has 0 atom stereocenters. The first-order valence-electron chi connectivity index (χ1n) is 4.82. The second kappa shape index (κ2) is 3.26. The molecule has 0 radical (unpaired) electrons. The Labute approximate surface area is 98.5 Å². The van der Waals surface area contributed by atoms with Gasteiger partial charge >= 0.3 is 0 Å². The summed E-state index contributed by atoms with van der Waals surface area (Å²) in [7, 11) is 0. The highest BCUT2D eigenvalue weighted by atomic mass is 35.5. The van der Waals surface area contributed by atoms with Crippen LogP contribution in [-0.4, -0.2) is 0 Å². The quantitative estimate of drug-likeness (QED) is 0.535. The van der Waals surface area contributed by atoms with Gasteiger partial charge in [-0.05, 0) is 28.8 Å². The van der Waals surface area contributed by atoms with Crippen LogP contribution in [0.4, 0.5) is 0 Å². The highest BCUT2D eigenvalue weighted by molar-refractivity contribution is 6.35. The summed E-state index contributed by atoms with van der Waals surface area (Å²) in [6.07, 6.45) is 0.894. The maximum absolute atomic E-state index is 6.21. The van der Waals surface area contributed by atoms with Crippen LogP contribution in [0.25, 0.3) is 11.1 Å². The highest BCUT2D eigenvalue weighted by Gasteiger charge is 2.22. The lowest BCUT2D eigenvalue weighted by Gasteiger charge is -2.03. The summed E-state index contributed by atoms with van der Waals surface area (Å²) >= 11 is 12.4. The third-order valence-corrected chi connectivity index (χ3v) is 3.52. The van der Waals surface area contributed by atoms with Gasteiger partial charge in [-0.15, -0.1) is 0 Å². The lowest BCUT2D eigenvalue weighted by molar-refractivity contribution is 1.26. The second-order valence-electron chi connectivity index (χ2n) is 3.72. The molecular formula is C13H8Cl2.